The van der Waals surface area contributed by atoms with Gasteiger partial charge in [-0.1, -0.05) is 12.1 Å². The van der Waals surface area contributed by atoms with Crippen LogP contribution in [0.4, 0.5) is 5.69 Å². The van der Waals surface area contributed by atoms with Gasteiger partial charge in [-0.3, -0.25) is 9.59 Å². The van der Waals surface area contributed by atoms with Gasteiger partial charge in [-0.15, -0.1) is 0 Å². The lowest BCUT2D eigenvalue weighted by molar-refractivity contribution is -0.117. The lowest BCUT2D eigenvalue weighted by atomic mass is 10.1. The minimum Gasteiger partial charge on any atom is -0.348 e. The summed E-state index contributed by atoms with van der Waals surface area (Å²) in [5.41, 5.74) is 3.38. The van der Waals surface area contributed by atoms with Crippen LogP contribution in [0, 0.1) is 13.8 Å². The Morgan fingerprint density at radius 1 is 1.14 bits per heavy atom. The fourth-order valence-electron chi connectivity index (χ4n) is 3.35. The molecule has 2 aromatic rings. The molecular formula is C21H25N3O4S. The smallest absolute Gasteiger partial charge is 0.251 e. The van der Waals surface area contributed by atoms with Gasteiger partial charge in [0.1, 0.15) is 0 Å². The molecule has 1 aliphatic heterocycles. The highest BCUT2D eigenvalue weighted by atomic mass is 32.2. The van der Waals surface area contributed by atoms with Gasteiger partial charge in [0.05, 0.1) is 4.90 Å². The first-order chi connectivity index (χ1) is 13.7. The van der Waals surface area contributed by atoms with Gasteiger partial charge < -0.3 is 10.2 Å². The van der Waals surface area contributed by atoms with Gasteiger partial charge in [-0.25, -0.2) is 13.1 Å². The van der Waals surface area contributed by atoms with Crippen LogP contribution in [-0.2, 0) is 21.4 Å². The highest BCUT2D eigenvalue weighted by molar-refractivity contribution is 7.89. The molecule has 0 spiro atoms. The van der Waals surface area contributed by atoms with Crippen molar-refractivity contribution in [2.45, 2.75) is 38.1 Å². The number of anilines is 1. The Morgan fingerprint density at radius 2 is 1.83 bits per heavy atom. The topological polar surface area (TPSA) is 95.6 Å². The van der Waals surface area contributed by atoms with Crippen molar-refractivity contribution < 1.29 is 18.0 Å². The standard InChI is InChI=1S/C21H25N3O4S/c1-14-11-17(12-19(15(14)2)29(27,28)22-3)21(26)23-13-16-6-8-18(9-7-16)24-10-4-5-20(24)25/h6-9,11-12,22H,4-5,10,13H2,1-3H3,(H,23,26). The highest BCUT2D eigenvalue weighted by Gasteiger charge is 2.22. The van der Waals surface area contributed by atoms with E-state index in [4.69, 9.17) is 0 Å². The fourth-order valence-corrected chi connectivity index (χ4v) is 4.41. The number of hydrogen-bond donors (Lipinski definition) is 2. The van der Waals surface area contributed by atoms with Crippen LogP contribution >= 0.6 is 0 Å². The van der Waals surface area contributed by atoms with Crippen LogP contribution in [0.1, 0.15) is 39.9 Å². The molecule has 2 amide bonds. The molecule has 0 aromatic heterocycles. The molecule has 1 fully saturated rings. The van der Waals surface area contributed by atoms with Crippen LogP contribution in [0.15, 0.2) is 41.3 Å². The van der Waals surface area contributed by atoms with Gasteiger partial charge in [-0.05, 0) is 68.3 Å². The maximum absolute atomic E-state index is 12.6. The van der Waals surface area contributed by atoms with Crippen molar-refractivity contribution >= 4 is 27.5 Å². The monoisotopic (exact) mass is 415 g/mol. The van der Waals surface area contributed by atoms with E-state index in [1.807, 2.05) is 24.3 Å². The second-order valence-corrected chi connectivity index (χ2v) is 8.98. The number of amides is 2. The van der Waals surface area contributed by atoms with E-state index in [0.717, 1.165) is 29.8 Å². The average molecular weight is 416 g/mol. The first-order valence-electron chi connectivity index (χ1n) is 9.45. The van der Waals surface area contributed by atoms with Gasteiger partial charge in [0.25, 0.3) is 5.91 Å². The lowest BCUT2D eigenvalue weighted by Gasteiger charge is -2.16. The van der Waals surface area contributed by atoms with E-state index in [0.29, 0.717) is 24.1 Å². The molecule has 0 saturated carbocycles. The number of carbonyl (C=O) groups is 2. The minimum absolute atomic E-state index is 0.102. The van der Waals surface area contributed by atoms with Crippen molar-refractivity contribution in [3.63, 3.8) is 0 Å². The summed E-state index contributed by atoms with van der Waals surface area (Å²) in [5.74, 6) is -0.215. The summed E-state index contributed by atoms with van der Waals surface area (Å²) >= 11 is 0. The quantitative estimate of drug-likeness (QED) is 0.757. The molecule has 2 N–H and O–H groups in total. The number of nitrogens with zero attached hydrogens (tertiary/aromatic N) is 1. The van der Waals surface area contributed by atoms with Gasteiger partial charge in [0, 0.05) is 30.8 Å². The zero-order valence-corrected chi connectivity index (χ0v) is 17.6. The average Bonchev–Trinajstić information content (AvgIpc) is 3.14. The number of rotatable bonds is 6. The van der Waals surface area contributed by atoms with E-state index in [-0.39, 0.29) is 16.7 Å². The number of hydrogen-bond acceptors (Lipinski definition) is 4. The largest absolute Gasteiger partial charge is 0.348 e. The summed E-state index contributed by atoms with van der Waals surface area (Å²) in [4.78, 5) is 26.3. The third-order valence-corrected chi connectivity index (χ3v) is 6.76. The summed E-state index contributed by atoms with van der Waals surface area (Å²) in [6.07, 6.45) is 1.46. The van der Waals surface area contributed by atoms with Gasteiger partial charge in [0.2, 0.25) is 15.9 Å². The normalized spacial score (nSPS) is 14.3. The van der Waals surface area contributed by atoms with Crippen molar-refractivity contribution in [2.24, 2.45) is 0 Å². The minimum atomic E-state index is -3.65. The maximum atomic E-state index is 12.6. The summed E-state index contributed by atoms with van der Waals surface area (Å²) in [6, 6.07) is 10.6. The Kier molecular flexibility index (Phi) is 6.04. The van der Waals surface area contributed by atoms with E-state index in [9.17, 15) is 18.0 Å². The molecule has 1 aliphatic rings. The Morgan fingerprint density at radius 3 is 2.41 bits per heavy atom. The Balaban J connectivity index is 1.72. The zero-order chi connectivity index (χ0) is 21.2. The van der Waals surface area contributed by atoms with Crippen molar-refractivity contribution in [3.05, 3.63) is 58.7 Å². The Hall–Kier alpha value is -2.71. The Bertz CT molecular complexity index is 1050. The molecule has 8 heteroatoms. The molecule has 0 aliphatic carbocycles. The Labute approximate surface area is 171 Å². The van der Waals surface area contributed by atoms with Crippen molar-refractivity contribution in [1.82, 2.24) is 10.0 Å². The summed E-state index contributed by atoms with van der Waals surface area (Å²) in [6.45, 7) is 4.53. The van der Waals surface area contributed by atoms with E-state index < -0.39 is 10.0 Å². The second-order valence-electron chi connectivity index (χ2n) is 7.12. The highest BCUT2D eigenvalue weighted by Crippen LogP contribution is 2.22. The van der Waals surface area contributed by atoms with Crippen molar-refractivity contribution in [2.75, 3.05) is 18.5 Å². The first-order valence-corrected chi connectivity index (χ1v) is 10.9. The van der Waals surface area contributed by atoms with Gasteiger partial charge in [-0.2, -0.15) is 0 Å². The van der Waals surface area contributed by atoms with Crippen LogP contribution in [-0.4, -0.2) is 33.8 Å². The predicted octanol–water partition coefficient (Wildman–Crippen LogP) is 2.27. The molecule has 0 bridgehead atoms. The van der Waals surface area contributed by atoms with Gasteiger partial charge in [0.15, 0.2) is 0 Å². The first kappa shape index (κ1) is 21.0. The number of carbonyl (C=O) groups excluding carboxylic acids is 2. The fraction of sp³-hybridized carbons (Fsp3) is 0.333. The molecule has 29 heavy (non-hydrogen) atoms. The summed E-state index contributed by atoms with van der Waals surface area (Å²) < 4.78 is 26.7. The molecule has 154 valence electrons. The molecule has 3 rings (SSSR count). The number of sulfonamides is 1. The van der Waals surface area contributed by atoms with Gasteiger partial charge >= 0.3 is 0 Å². The van der Waals surface area contributed by atoms with E-state index in [1.165, 1.54) is 13.1 Å². The molecule has 1 heterocycles. The number of nitrogens with one attached hydrogen (secondary N) is 2. The second kappa shape index (κ2) is 8.34. The third-order valence-electron chi connectivity index (χ3n) is 5.21. The van der Waals surface area contributed by atoms with E-state index >= 15 is 0 Å². The number of aryl methyl sites for hydroxylation is 1. The SMILES string of the molecule is CNS(=O)(=O)c1cc(C(=O)NCc2ccc(N3CCCC3=O)cc2)cc(C)c1C. The van der Waals surface area contributed by atoms with E-state index in [1.54, 1.807) is 24.8 Å². The van der Waals surface area contributed by atoms with Crippen LogP contribution in [0.25, 0.3) is 0 Å². The molecule has 0 radical (unpaired) electrons. The van der Waals surface area contributed by atoms with Crippen LogP contribution < -0.4 is 14.9 Å². The van der Waals surface area contributed by atoms with Crippen LogP contribution in [0.3, 0.4) is 0 Å². The maximum Gasteiger partial charge on any atom is 0.251 e. The molecule has 0 unspecified atom stereocenters. The van der Waals surface area contributed by atoms with E-state index in [2.05, 4.69) is 10.0 Å². The summed E-state index contributed by atoms with van der Waals surface area (Å²) in [5, 5.41) is 2.82. The number of benzene rings is 2. The predicted molar refractivity (Wildman–Crippen MR) is 111 cm³/mol. The third kappa shape index (κ3) is 4.49. The van der Waals surface area contributed by atoms with Crippen LogP contribution in [0.2, 0.25) is 0 Å². The molecular weight excluding hydrogens is 390 g/mol. The van der Waals surface area contributed by atoms with Crippen LogP contribution in [0.5, 0.6) is 0 Å². The molecule has 0 atom stereocenters. The lowest BCUT2D eigenvalue weighted by Crippen LogP contribution is -2.25. The molecule has 2 aromatic carbocycles. The zero-order valence-electron chi connectivity index (χ0n) is 16.8. The summed E-state index contributed by atoms with van der Waals surface area (Å²) in [7, 11) is -2.31. The van der Waals surface area contributed by atoms with Crippen molar-refractivity contribution in [3.8, 4) is 0 Å². The molecule has 7 nitrogen and oxygen atoms in total. The van der Waals surface area contributed by atoms with Crippen molar-refractivity contribution in [1.29, 1.82) is 0 Å². The molecule has 1 saturated heterocycles.